The third-order valence-electron chi connectivity index (χ3n) is 3.30. The summed E-state index contributed by atoms with van der Waals surface area (Å²) in [4.78, 5) is 11.8. The molecule has 0 aromatic carbocycles. The molecule has 0 heterocycles. The van der Waals surface area contributed by atoms with E-state index in [4.69, 9.17) is 0 Å². The van der Waals surface area contributed by atoms with Gasteiger partial charge in [0, 0.05) is 12.1 Å². The van der Waals surface area contributed by atoms with Crippen molar-refractivity contribution < 1.29 is 4.79 Å². The molecule has 0 saturated carbocycles. The van der Waals surface area contributed by atoms with Gasteiger partial charge >= 0.3 is 0 Å². The highest BCUT2D eigenvalue weighted by molar-refractivity contribution is 5.92. The Balaban J connectivity index is 3.51. The Hall–Kier alpha value is -0.830. The smallest absolute Gasteiger partial charge is 0.260 e. The van der Waals surface area contributed by atoms with E-state index in [1.54, 1.807) is 0 Å². The van der Waals surface area contributed by atoms with Crippen LogP contribution in [-0.2, 0) is 4.79 Å². The zero-order chi connectivity index (χ0) is 14.3. The Labute approximate surface area is 119 Å². The van der Waals surface area contributed by atoms with Crippen LogP contribution in [0.1, 0.15) is 78.6 Å². The molecule has 0 rings (SSSR count). The summed E-state index contributed by atoms with van der Waals surface area (Å²) >= 11 is 0. The second-order valence-corrected chi connectivity index (χ2v) is 5.07. The fraction of sp³-hybridized carbons (Fsp3) is 0.812. The number of carbonyl (C=O) groups excluding carboxylic acids is 1. The largest absolute Gasteiger partial charge is 0.288 e. The Morgan fingerprint density at radius 2 is 1.58 bits per heavy atom. The first-order chi connectivity index (χ1) is 9.26. The number of rotatable bonds is 12. The van der Waals surface area contributed by atoms with Crippen molar-refractivity contribution in [3.63, 3.8) is 0 Å². The molecule has 3 heteroatoms. The lowest BCUT2D eigenvalue weighted by molar-refractivity contribution is -0.118. The number of nitrogens with one attached hydrogen (secondary N) is 2. The predicted molar refractivity (Wildman–Crippen MR) is 82.8 cm³/mol. The summed E-state index contributed by atoms with van der Waals surface area (Å²) in [6.07, 6.45) is 12.6. The van der Waals surface area contributed by atoms with Crippen LogP contribution in [0.4, 0.5) is 0 Å². The third-order valence-corrected chi connectivity index (χ3v) is 3.30. The summed E-state index contributed by atoms with van der Waals surface area (Å²) in [5, 5.41) is 0. The lowest BCUT2D eigenvalue weighted by Crippen LogP contribution is -2.38. The lowest BCUT2D eigenvalue weighted by Gasteiger charge is -2.09. The van der Waals surface area contributed by atoms with Gasteiger partial charge in [-0.1, -0.05) is 58.4 Å². The minimum atomic E-state index is 0.0296. The van der Waals surface area contributed by atoms with Crippen molar-refractivity contribution in [1.82, 2.24) is 10.9 Å². The van der Waals surface area contributed by atoms with Crippen molar-refractivity contribution in [2.45, 2.75) is 78.6 Å². The minimum absolute atomic E-state index is 0.0296. The number of carbonyl (C=O) groups is 1. The van der Waals surface area contributed by atoms with E-state index in [9.17, 15) is 4.79 Å². The molecular formula is C16H32N2O. The maximum Gasteiger partial charge on any atom is 0.260 e. The Bertz CT molecular complexity index is 249. The third kappa shape index (κ3) is 10.8. The van der Waals surface area contributed by atoms with Gasteiger partial charge < -0.3 is 0 Å². The average Bonchev–Trinajstić information content (AvgIpc) is 2.42. The number of allylic oxidation sites excluding steroid dienone is 1. The normalized spacial score (nSPS) is 11.6. The van der Waals surface area contributed by atoms with Gasteiger partial charge in [-0.2, -0.15) is 0 Å². The molecule has 0 aliphatic rings. The zero-order valence-electron chi connectivity index (χ0n) is 13.1. The Morgan fingerprint density at radius 1 is 0.947 bits per heavy atom. The highest BCUT2D eigenvalue weighted by Crippen LogP contribution is 2.07. The second kappa shape index (κ2) is 13.6. The van der Waals surface area contributed by atoms with E-state index < -0.39 is 0 Å². The summed E-state index contributed by atoms with van der Waals surface area (Å²) in [5.41, 5.74) is 6.70. The molecule has 2 N–H and O–H groups in total. The van der Waals surface area contributed by atoms with Gasteiger partial charge in [0.05, 0.1) is 0 Å². The molecule has 0 unspecified atom stereocenters. The van der Waals surface area contributed by atoms with Gasteiger partial charge in [-0.05, 0) is 26.2 Å². The molecule has 0 saturated heterocycles. The number of hydrogen-bond acceptors (Lipinski definition) is 2. The van der Waals surface area contributed by atoms with Crippen LogP contribution in [0, 0.1) is 0 Å². The summed E-state index contributed by atoms with van der Waals surface area (Å²) in [6.45, 7) is 7.16. The molecule has 1 amide bonds. The molecule has 112 valence electrons. The van der Waals surface area contributed by atoms with Crippen molar-refractivity contribution in [1.29, 1.82) is 0 Å². The van der Waals surface area contributed by atoms with E-state index >= 15 is 0 Å². The Morgan fingerprint density at radius 3 is 2.21 bits per heavy atom. The number of unbranched alkanes of at least 4 members (excludes halogenated alkanes) is 6. The van der Waals surface area contributed by atoms with Crippen LogP contribution in [0.3, 0.4) is 0 Å². The summed E-state index contributed by atoms with van der Waals surface area (Å²) in [7, 11) is 0. The van der Waals surface area contributed by atoms with Crippen molar-refractivity contribution >= 4 is 5.91 Å². The maximum atomic E-state index is 11.8. The van der Waals surface area contributed by atoms with E-state index in [0.29, 0.717) is 0 Å². The van der Waals surface area contributed by atoms with Crippen molar-refractivity contribution in [3.05, 3.63) is 11.6 Å². The van der Waals surface area contributed by atoms with Gasteiger partial charge in [0.1, 0.15) is 0 Å². The van der Waals surface area contributed by atoms with Crippen molar-refractivity contribution in [2.75, 3.05) is 6.54 Å². The summed E-state index contributed by atoms with van der Waals surface area (Å²) in [5.74, 6) is 0.0296. The van der Waals surface area contributed by atoms with Crippen molar-refractivity contribution in [2.24, 2.45) is 0 Å². The van der Waals surface area contributed by atoms with Gasteiger partial charge in [0.15, 0.2) is 0 Å². The van der Waals surface area contributed by atoms with Crippen LogP contribution < -0.4 is 10.9 Å². The van der Waals surface area contributed by atoms with Gasteiger partial charge in [-0.25, -0.2) is 5.43 Å². The maximum absolute atomic E-state index is 11.8. The van der Waals surface area contributed by atoms with Crippen LogP contribution >= 0.6 is 0 Å². The summed E-state index contributed by atoms with van der Waals surface area (Å²) < 4.78 is 0. The quantitative estimate of drug-likeness (QED) is 0.318. The Kier molecular flexibility index (Phi) is 13.0. The predicted octanol–water partition coefficient (Wildman–Crippen LogP) is 4.10. The van der Waals surface area contributed by atoms with Crippen LogP contribution in [0.25, 0.3) is 0 Å². The number of amides is 1. The van der Waals surface area contributed by atoms with Gasteiger partial charge in [0.2, 0.25) is 0 Å². The first kappa shape index (κ1) is 18.2. The fourth-order valence-electron chi connectivity index (χ4n) is 1.97. The van der Waals surface area contributed by atoms with E-state index in [1.807, 2.05) is 13.0 Å². The molecular weight excluding hydrogens is 236 g/mol. The van der Waals surface area contributed by atoms with Gasteiger partial charge in [0.25, 0.3) is 5.91 Å². The minimum Gasteiger partial charge on any atom is -0.288 e. The summed E-state index contributed by atoms with van der Waals surface area (Å²) in [6, 6.07) is 0. The van der Waals surface area contributed by atoms with Crippen LogP contribution in [0.2, 0.25) is 0 Å². The van der Waals surface area contributed by atoms with Gasteiger partial charge in [-0.3, -0.25) is 10.2 Å². The molecule has 0 bridgehead atoms. The molecule has 0 aromatic heterocycles. The standard InChI is InChI=1S/C16H32N2O/c1-4-7-9-10-11-12-14-17-18-16(19)15(6-3)13-8-5-2/h6,17H,4-5,7-14H2,1-3H3,(H,18,19)/b15-6+. The zero-order valence-corrected chi connectivity index (χ0v) is 13.1. The molecule has 0 radical (unpaired) electrons. The lowest BCUT2D eigenvalue weighted by atomic mass is 10.1. The molecule has 0 fully saturated rings. The molecule has 0 aromatic rings. The second-order valence-electron chi connectivity index (χ2n) is 5.07. The molecule has 19 heavy (non-hydrogen) atoms. The van der Waals surface area contributed by atoms with Crippen LogP contribution in [0.15, 0.2) is 11.6 Å². The van der Waals surface area contributed by atoms with E-state index in [2.05, 4.69) is 24.7 Å². The molecule has 0 atom stereocenters. The van der Waals surface area contributed by atoms with Crippen LogP contribution in [0.5, 0.6) is 0 Å². The topological polar surface area (TPSA) is 41.1 Å². The highest BCUT2D eigenvalue weighted by atomic mass is 16.2. The molecule has 0 spiro atoms. The molecule has 0 aliphatic carbocycles. The van der Waals surface area contributed by atoms with E-state index in [1.165, 1.54) is 32.1 Å². The fourth-order valence-corrected chi connectivity index (χ4v) is 1.97. The van der Waals surface area contributed by atoms with Crippen molar-refractivity contribution in [3.8, 4) is 0 Å². The number of hydrogen-bond donors (Lipinski definition) is 2. The van der Waals surface area contributed by atoms with Gasteiger partial charge in [-0.15, -0.1) is 0 Å². The molecule has 3 nitrogen and oxygen atoms in total. The average molecular weight is 268 g/mol. The monoisotopic (exact) mass is 268 g/mol. The SMILES string of the molecule is C/C=C(\CCCC)C(=O)NNCCCCCCCC. The first-order valence-corrected chi connectivity index (χ1v) is 7.94. The van der Waals surface area contributed by atoms with E-state index in [-0.39, 0.29) is 5.91 Å². The highest BCUT2D eigenvalue weighted by Gasteiger charge is 2.06. The first-order valence-electron chi connectivity index (χ1n) is 7.94. The number of hydrazine groups is 1. The van der Waals surface area contributed by atoms with Crippen LogP contribution in [-0.4, -0.2) is 12.5 Å². The van der Waals surface area contributed by atoms with E-state index in [0.717, 1.165) is 37.8 Å². The molecule has 0 aliphatic heterocycles.